The van der Waals surface area contributed by atoms with Gasteiger partial charge in [0.2, 0.25) is 5.91 Å². The Morgan fingerprint density at radius 3 is 2.40 bits per heavy atom. The van der Waals surface area contributed by atoms with Gasteiger partial charge in [-0.1, -0.05) is 12.1 Å². The second-order valence-corrected chi connectivity index (χ2v) is 5.21. The van der Waals surface area contributed by atoms with E-state index in [-0.39, 0.29) is 23.8 Å². The molecule has 20 heavy (non-hydrogen) atoms. The molecule has 0 aliphatic heterocycles. The van der Waals surface area contributed by atoms with Crippen molar-refractivity contribution in [3.05, 3.63) is 29.8 Å². The van der Waals surface area contributed by atoms with Gasteiger partial charge in [-0.25, -0.2) is 0 Å². The van der Waals surface area contributed by atoms with Crippen molar-refractivity contribution in [2.24, 2.45) is 5.92 Å². The van der Waals surface area contributed by atoms with E-state index in [2.05, 4.69) is 5.32 Å². The number of carbonyl (C=O) groups excluding carboxylic acids is 1. The molecule has 1 aromatic carbocycles. The number of ether oxygens (including phenoxy) is 1. The minimum absolute atomic E-state index is 0.00991. The van der Waals surface area contributed by atoms with Crippen molar-refractivity contribution in [1.29, 1.82) is 0 Å². The van der Waals surface area contributed by atoms with Crippen LogP contribution in [0.1, 0.15) is 31.2 Å². The predicted octanol–water partition coefficient (Wildman–Crippen LogP) is 1.78. The SMILES string of the molecule is COc1ccc(C(C)C(=O)NC2CC(C(=O)O)C2)cc1. The Morgan fingerprint density at radius 1 is 1.30 bits per heavy atom. The van der Waals surface area contributed by atoms with Crippen LogP contribution in [0, 0.1) is 5.92 Å². The molecule has 1 amide bonds. The second kappa shape index (κ2) is 5.94. The van der Waals surface area contributed by atoms with Crippen LogP contribution < -0.4 is 10.1 Å². The van der Waals surface area contributed by atoms with Gasteiger partial charge in [0.15, 0.2) is 0 Å². The Labute approximate surface area is 117 Å². The quantitative estimate of drug-likeness (QED) is 0.860. The van der Waals surface area contributed by atoms with E-state index in [0.29, 0.717) is 12.8 Å². The van der Waals surface area contributed by atoms with Gasteiger partial charge in [0.05, 0.1) is 18.9 Å². The van der Waals surface area contributed by atoms with Crippen molar-refractivity contribution in [2.75, 3.05) is 7.11 Å². The molecule has 108 valence electrons. The van der Waals surface area contributed by atoms with Crippen LogP contribution in [-0.4, -0.2) is 30.1 Å². The second-order valence-electron chi connectivity index (χ2n) is 5.21. The summed E-state index contributed by atoms with van der Waals surface area (Å²) in [5.41, 5.74) is 0.914. The van der Waals surface area contributed by atoms with Crippen LogP contribution in [0.3, 0.4) is 0 Å². The smallest absolute Gasteiger partial charge is 0.306 e. The van der Waals surface area contributed by atoms with Gasteiger partial charge in [-0.2, -0.15) is 0 Å². The molecule has 0 radical (unpaired) electrons. The molecular formula is C15H19NO4. The molecule has 0 bridgehead atoms. The van der Waals surface area contributed by atoms with Crippen molar-refractivity contribution < 1.29 is 19.4 Å². The molecule has 0 heterocycles. The lowest BCUT2D eigenvalue weighted by molar-refractivity contribution is -0.146. The molecule has 1 aliphatic rings. The average Bonchev–Trinajstić information content (AvgIpc) is 2.40. The number of benzene rings is 1. The number of nitrogens with one attached hydrogen (secondary N) is 1. The van der Waals surface area contributed by atoms with Crippen molar-refractivity contribution >= 4 is 11.9 Å². The molecule has 1 saturated carbocycles. The summed E-state index contributed by atoms with van der Waals surface area (Å²) >= 11 is 0. The maximum absolute atomic E-state index is 12.1. The number of aliphatic carboxylic acids is 1. The van der Waals surface area contributed by atoms with Gasteiger partial charge in [-0.15, -0.1) is 0 Å². The third-order valence-corrected chi connectivity index (χ3v) is 3.84. The van der Waals surface area contributed by atoms with Crippen LogP contribution in [0.15, 0.2) is 24.3 Å². The summed E-state index contributed by atoms with van der Waals surface area (Å²) in [5, 5.41) is 11.7. The Balaban J connectivity index is 1.87. The number of amides is 1. The zero-order valence-corrected chi connectivity index (χ0v) is 11.6. The molecule has 0 aromatic heterocycles. The number of carboxylic acids is 1. The van der Waals surface area contributed by atoms with Gasteiger partial charge < -0.3 is 15.2 Å². The molecule has 2 N–H and O–H groups in total. The van der Waals surface area contributed by atoms with E-state index in [1.807, 2.05) is 31.2 Å². The highest BCUT2D eigenvalue weighted by molar-refractivity contribution is 5.84. The average molecular weight is 277 g/mol. The van der Waals surface area contributed by atoms with E-state index < -0.39 is 5.97 Å². The van der Waals surface area contributed by atoms with Crippen LogP contribution in [0.4, 0.5) is 0 Å². The van der Waals surface area contributed by atoms with Gasteiger partial charge in [0.1, 0.15) is 5.75 Å². The highest BCUT2D eigenvalue weighted by atomic mass is 16.5. The highest BCUT2D eigenvalue weighted by Crippen LogP contribution is 2.28. The topological polar surface area (TPSA) is 75.6 Å². The molecular weight excluding hydrogens is 258 g/mol. The highest BCUT2D eigenvalue weighted by Gasteiger charge is 2.35. The molecule has 0 saturated heterocycles. The standard InChI is InChI=1S/C15H19NO4/c1-9(10-3-5-13(20-2)6-4-10)14(17)16-12-7-11(8-12)15(18)19/h3-6,9,11-12H,7-8H2,1-2H3,(H,16,17)(H,18,19). The summed E-state index contributed by atoms with van der Waals surface area (Å²) in [6, 6.07) is 7.36. The molecule has 1 aliphatic carbocycles. The third kappa shape index (κ3) is 3.10. The van der Waals surface area contributed by atoms with Crippen molar-refractivity contribution in [3.63, 3.8) is 0 Å². The molecule has 2 rings (SSSR count). The lowest BCUT2D eigenvalue weighted by Gasteiger charge is -2.33. The van der Waals surface area contributed by atoms with Crippen molar-refractivity contribution in [1.82, 2.24) is 5.32 Å². The maximum atomic E-state index is 12.1. The van der Waals surface area contributed by atoms with Crippen LogP contribution >= 0.6 is 0 Å². The first-order valence-corrected chi connectivity index (χ1v) is 6.68. The van der Waals surface area contributed by atoms with E-state index in [1.54, 1.807) is 7.11 Å². The van der Waals surface area contributed by atoms with Crippen molar-refractivity contribution in [3.8, 4) is 5.75 Å². The fourth-order valence-electron chi connectivity index (χ4n) is 2.31. The van der Waals surface area contributed by atoms with Gasteiger partial charge in [0.25, 0.3) is 0 Å². The number of methoxy groups -OCH3 is 1. The predicted molar refractivity (Wildman–Crippen MR) is 73.7 cm³/mol. The number of hydrogen-bond donors (Lipinski definition) is 2. The van der Waals surface area contributed by atoms with E-state index in [0.717, 1.165) is 11.3 Å². The van der Waals surface area contributed by atoms with E-state index in [9.17, 15) is 9.59 Å². The summed E-state index contributed by atoms with van der Waals surface area (Å²) in [4.78, 5) is 22.8. The third-order valence-electron chi connectivity index (χ3n) is 3.84. The number of rotatable bonds is 5. The summed E-state index contributed by atoms with van der Waals surface area (Å²) in [5.74, 6) is -0.659. The monoisotopic (exact) mass is 277 g/mol. The summed E-state index contributed by atoms with van der Waals surface area (Å²) in [7, 11) is 1.60. The maximum Gasteiger partial charge on any atom is 0.306 e. The summed E-state index contributed by atoms with van der Waals surface area (Å²) in [6.07, 6.45) is 1.05. The minimum Gasteiger partial charge on any atom is -0.497 e. The van der Waals surface area contributed by atoms with Crippen LogP contribution in [0.5, 0.6) is 5.75 Å². The minimum atomic E-state index is -0.779. The van der Waals surface area contributed by atoms with Gasteiger partial charge in [-0.3, -0.25) is 9.59 Å². The van der Waals surface area contributed by atoms with Crippen LogP contribution in [0.2, 0.25) is 0 Å². The molecule has 0 spiro atoms. The van der Waals surface area contributed by atoms with Gasteiger partial charge >= 0.3 is 5.97 Å². The largest absolute Gasteiger partial charge is 0.497 e. The normalized spacial score (nSPS) is 22.5. The number of carboxylic acid groups (broad SMARTS) is 1. The molecule has 1 aromatic rings. The first-order valence-electron chi connectivity index (χ1n) is 6.68. The molecule has 1 unspecified atom stereocenters. The fraction of sp³-hybridized carbons (Fsp3) is 0.467. The van der Waals surface area contributed by atoms with E-state index in [4.69, 9.17) is 9.84 Å². The van der Waals surface area contributed by atoms with Crippen LogP contribution in [0.25, 0.3) is 0 Å². The first-order chi connectivity index (χ1) is 9.51. The first kappa shape index (κ1) is 14.4. The molecule has 1 atom stereocenters. The summed E-state index contributed by atoms with van der Waals surface area (Å²) < 4.78 is 5.08. The van der Waals surface area contributed by atoms with E-state index >= 15 is 0 Å². The Bertz CT molecular complexity index is 491. The van der Waals surface area contributed by atoms with E-state index in [1.165, 1.54) is 0 Å². The molecule has 5 heteroatoms. The summed E-state index contributed by atoms with van der Waals surface area (Å²) in [6.45, 7) is 1.84. The zero-order chi connectivity index (χ0) is 14.7. The lowest BCUT2D eigenvalue weighted by Crippen LogP contribution is -2.47. The van der Waals surface area contributed by atoms with Gasteiger partial charge in [-0.05, 0) is 37.5 Å². The Kier molecular flexibility index (Phi) is 4.27. The van der Waals surface area contributed by atoms with Gasteiger partial charge in [0, 0.05) is 6.04 Å². The lowest BCUT2D eigenvalue weighted by atomic mass is 9.80. The zero-order valence-electron chi connectivity index (χ0n) is 11.6. The number of carbonyl (C=O) groups is 2. The van der Waals surface area contributed by atoms with Crippen LogP contribution in [-0.2, 0) is 9.59 Å². The fourth-order valence-corrected chi connectivity index (χ4v) is 2.31. The Morgan fingerprint density at radius 2 is 1.90 bits per heavy atom. The molecule has 5 nitrogen and oxygen atoms in total. The molecule has 1 fully saturated rings. The number of hydrogen-bond acceptors (Lipinski definition) is 3. The van der Waals surface area contributed by atoms with Crippen molar-refractivity contribution in [2.45, 2.75) is 31.7 Å². The Hall–Kier alpha value is -2.04.